The molecule has 31 heavy (non-hydrogen) atoms. The van der Waals surface area contributed by atoms with Gasteiger partial charge in [0.2, 0.25) is 0 Å². The summed E-state index contributed by atoms with van der Waals surface area (Å²) in [6, 6.07) is 7.81. The van der Waals surface area contributed by atoms with E-state index in [-0.39, 0.29) is 24.0 Å². The average Bonchev–Trinajstić information content (AvgIpc) is 3.24. The lowest BCUT2D eigenvalue weighted by atomic mass is 10.2. The Morgan fingerprint density at radius 3 is 2.61 bits per heavy atom. The lowest BCUT2D eigenvalue weighted by molar-refractivity contribution is 0.0376. The van der Waals surface area contributed by atoms with Crippen LogP contribution in [0, 0.1) is 0 Å². The fraction of sp³-hybridized carbons (Fsp3) is 0.571. The molecule has 2 heterocycles. The van der Waals surface area contributed by atoms with E-state index in [1.54, 1.807) is 6.33 Å². The monoisotopic (exact) mass is 561 g/mol. The van der Waals surface area contributed by atoms with Crippen LogP contribution in [0.4, 0.5) is 0 Å². The van der Waals surface area contributed by atoms with Crippen LogP contribution in [0.1, 0.15) is 24.7 Å². The van der Waals surface area contributed by atoms with E-state index in [0.29, 0.717) is 6.54 Å². The molecule has 0 aliphatic carbocycles. The zero-order chi connectivity index (χ0) is 21.0. The summed E-state index contributed by atoms with van der Waals surface area (Å²) < 4.78 is 7.48. The van der Waals surface area contributed by atoms with Crippen molar-refractivity contribution in [1.82, 2.24) is 30.3 Å². The summed E-state index contributed by atoms with van der Waals surface area (Å²) in [5.41, 5.74) is 1.13. The van der Waals surface area contributed by atoms with Gasteiger partial charge in [-0.15, -0.1) is 34.2 Å². The van der Waals surface area contributed by atoms with Crippen molar-refractivity contribution < 1.29 is 4.74 Å². The highest BCUT2D eigenvalue weighted by Gasteiger charge is 2.09. The second-order valence-corrected chi connectivity index (χ2v) is 7.68. The van der Waals surface area contributed by atoms with E-state index in [4.69, 9.17) is 21.3 Å². The number of aryl methyl sites for hydroxylation is 1. The van der Waals surface area contributed by atoms with Crippen molar-refractivity contribution in [3.8, 4) is 0 Å². The number of rotatable bonds is 10. The zero-order valence-corrected chi connectivity index (χ0v) is 21.2. The molecule has 1 aliphatic rings. The summed E-state index contributed by atoms with van der Waals surface area (Å²) in [7, 11) is 0. The molecule has 2 N–H and O–H groups in total. The van der Waals surface area contributed by atoms with Crippen molar-refractivity contribution in [3.05, 3.63) is 47.0 Å². The minimum absolute atomic E-state index is 0. The fourth-order valence-electron chi connectivity index (χ4n) is 3.30. The number of ether oxygens (including phenoxy) is 1. The summed E-state index contributed by atoms with van der Waals surface area (Å²) in [6.07, 6.45) is 3.71. The molecular formula is C21H33ClIN7O. The maximum absolute atomic E-state index is 5.98. The summed E-state index contributed by atoms with van der Waals surface area (Å²) in [5, 5.41) is 15.8. The Hall–Kier alpha value is -1.43. The lowest BCUT2D eigenvalue weighted by Crippen LogP contribution is -2.41. The third kappa shape index (κ3) is 9.30. The van der Waals surface area contributed by atoms with Gasteiger partial charge in [0.15, 0.2) is 5.96 Å². The number of nitrogens with one attached hydrogen (secondary N) is 2. The normalized spacial score (nSPS) is 14.8. The predicted molar refractivity (Wildman–Crippen MR) is 135 cm³/mol. The van der Waals surface area contributed by atoms with Crippen LogP contribution in [-0.4, -0.2) is 71.6 Å². The van der Waals surface area contributed by atoms with Gasteiger partial charge < -0.3 is 19.9 Å². The van der Waals surface area contributed by atoms with Crippen LogP contribution in [0.15, 0.2) is 35.6 Å². The van der Waals surface area contributed by atoms with E-state index in [9.17, 15) is 0 Å². The minimum Gasteiger partial charge on any atom is -0.379 e. The Morgan fingerprint density at radius 1 is 1.13 bits per heavy atom. The molecule has 0 atom stereocenters. The second-order valence-electron chi connectivity index (χ2n) is 7.25. The van der Waals surface area contributed by atoms with E-state index in [1.165, 1.54) is 0 Å². The Kier molecular flexibility index (Phi) is 12.2. The van der Waals surface area contributed by atoms with E-state index in [2.05, 4.69) is 37.2 Å². The number of hydrogen-bond acceptors (Lipinski definition) is 5. The molecule has 1 aliphatic heterocycles. The molecule has 0 amide bonds. The first-order valence-corrected chi connectivity index (χ1v) is 11.1. The van der Waals surface area contributed by atoms with E-state index in [1.807, 2.05) is 24.3 Å². The molecule has 0 saturated carbocycles. The van der Waals surface area contributed by atoms with Gasteiger partial charge in [0.1, 0.15) is 12.2 Å². The van der Waals surface area contributed by atoms with Crippen LogP contribution < -0.4 is 10.6 Å². The Balaban J connectivity index is 0.00000341. The first-order valence-electron chi connectivity index (χ1n) is 10.7. The standard InChI is InChI=1S/C21H32ClN7O.HI/c1-2-20-27-26-17-29(20)11-9-24-21(25-16-18-4-6-19(22)7-5-18)23-8-3-10-28-12-14-30-15-13-28;/h4-7,17H,2-3,8-16H2,1H3,(H2,23,24,25);1H. The fourth-order valence-corrected chi connectivity index (χ4v) is 3.43. The quantitative estimate of drug-likeness (QED) is 0.201. The van der Waals surface area contributed by atoms with Crippen molar-refractivity contribution in [1.29, 1.82) is 0 Å². The smallest absolute Gasteiger partial charge is 0.191 e. The van der Waals surface area contributed by atoms with Gasteiger partial charge in [-0.25, -0.2) is 4.99 Å². The lowest BCUT2D eigenvalue weighted by Gasteiger charge is -2.26. The van der Waals surface area contributed by atoms with Crippen LogP contribution in [0.3, 0.4) is 0 Å². The number of morpholine rings is 1. The highest BCUT2D eigenvalue weighted by molar-refractivity contribution is 14.0. The summed E-state index contributed by atoms with van der Waals surface area (Å²) >= 11 is 5.98. The third-order valence-corrected chi connectivity index (χ3v) is 5.29. The molecule has 0 unspecified atom stereocenters. The van der Waals surface area contributed by atoms with Crippen LogP contribution in [-0.2, 0) is 24.2 Å². The zero-order valence-electron chi connectivity index (χ0n) is 18.1. The van der Waals surface area contributed by atoms with Gasteiger partial charge in [-0.05, 0) is 30.7 Å². The topological polar surface area (TPSA) is 79.6 Å². The number of aromatic nitrogens is 3. The van der Waals surface area contributed by atoms with E-state index in [0.717, 1.165) is 87.7 Å². The van der Waals surface area contributed by atoms with Gasteiger partial charge in [0, 0.05) is 44.2 Å². The Morgan fingerprint density at radius 2 is 1.87 bits per heavy atom. The van der Waals surface area contributed by atoms with Crippen LogP contribution >= 0.6 is 35.6 Å². The Bertz CT molecular complexity index is 778. The Labute approximate surface area is 206 Å². The molecule has 1 aromatic heterocycles. The SMILES string of the molecule is CCc1nncn1CCNC(=NCc1ccc(Cl)cc1)NCCCN1CCOCC1.I. The van der Waals surface area contributed by atoms with Gasteiger partial charge >= 0.3 is 0 Å². The first-order chi connectivity index (χ1) is 14.7. The number of benzene rings is 1. The second kappa shape index (κ2) is 14.6. The van der Waals surface area contributed by atoms with Gasteiger partial charge in [-0.1, -0.05) is 30.7 Å². The summed E-state index contributed by atoms with van der Waals surface area (Å²) in [6.45, 7) is 9.90. The van der Waals surface area contributed by atoms with Crippen LogP contribution in [0.25, 0.3) is 0 Å². The van der Waals surface area contributed by atoms with Gasteiger partial charge in [0.05, 0.1) is 19.8 Å². The maximum atomic E-state index is 5.98. The van der Waals surface area contributed by atoms with Crippen molar-refractivity contribution in [2.45, 2.75) is 32.9 Å². The molecular weight excluding hydrogens is 529 g/mol. The van der Waals surface area contributed by atoms with Crippen molar-refractivity contribution in [2.75, 3.05) is 45.9 Å². The van der Waals surface area contributed by atoms with Crippen LogP contribution in [0.5, 0.6) is 0 Å². The number of guanidine groups is 1. The number of hydrogen-bond donors (Lipinski definition) is 2. The molecule has 172 valence electrons. The minimum atomic E-state index is 0. The molecule has 0 radical (unpaired) electrons. The number of halogens is 2. The summed E-state index contributed by atoms with van der Waals surface area (Å²) in [4.78, 5) is 7.19. The molecule has 2 aromatic rings. The molecule has 10 heteroatoms. The third-order valence-electron chi connectivity index (χ3n) is 5.04. The molecule has 8 nitrogen and oxygen atoms in total. The maximum Gasteiger partial charge on any atom is 0.191 e. The molecule has 1 aromatic carbocycles. The van der Waals surface area contributed by atoms with Gasteiger partial charge in [-0.2, -0.15) is 0 Å². The van der Waals surface area contributed by atoms with E-state index >= 15 is 0 Å². The average molecular weight is 562 g/mol. The summed E-state index contributed by atoms with van der Waals surface area (Å²) in [5.74, 6) is 1.81. The number of nitrogens with zero attached hydrogens (tertiary/aromatic N) is 5. The van der Waals surface area contributed by atoms with Crippen molar-refractivity contribution in [3.63, 3.8) is 0 Å². The van der Waals surface area contributed by atoms with Gasteiger partial charge in [0.25, 0.3) is 0 Å². The van der Waals surface area contributed by atoms with Crippen LogP contribution in [0.2, 0.25) is 5.02 Å². The van der Waals surface area contributed by atoms with Gasteiger partial charge in [-0.3, -0.25) is 4.90 Å². The molecule has 0 bridgehead atoms. The number of aliphatic imine (C=N–C) groups is 1. The highest BCUT2D eigenvalue weighted by atomic mass is 127. The largest absolute Gasteiger partial charge is 0.379 e. The predicted octanol–water partition coefficient (Wildman–Crippen LogP) is 2.57. The molecule has 0 spiro atoms. The molecule has 1 saturated heterocycles. The first kappa shape index (κ1) is 25.8. The highest BCUT2D eigenvalue weighted by Crippen LogP contribution is 2.10. The van der Waals surface area contributed by atoms with Crippen molar-refractivity contribution >= 4 is 41.5 Å². The molecule has 3 rings (SSSR count). The van der Waals surface area contributed by atoms with E-state index < -0.39 is 0 Å². The van der Waals surface area contributed by atoms with Crippen molar-refractivity contribution in [2.24, 2.45) is 4.99 Å². The molecule has 1 fully saturated rings.